The molecule has 1 nitrogen and oxygen atoms in total. The van der Waals surface area contributed by atoms with Gasteiger partial charge in [-0.1, -0.05) is 34.1 Å². The summed E-state index contributed by atoms with van der Waals surface area (Å²) in [5.74, 6) is 0.341. The number of hydrogen-bond donors (Lipinski definition) is 0. The Morgan fingerprint density at radius 1 is 1.25 bits per heavy atom. The molecule has 1 aromatic rings. The van der Waals surface area contributed by atoms with E-state index in [0.29, 0.717) is 5.78 Å². The normalized spacial score (nSPS) is 20.8. The van der Waals surface area contributed by atoms with Crippen molar-refractivity contribution in [3.05, 3.63) is 45.4 Å². The van der Waals surface area contributed by atoms with E-state index in [0.717, 1.165) is 29.3 Å². The van der Waals surface area contributed by atoms with E-state index in [9.17, 15) is 4.79 Å². The number of ketones is 1. The second-order valence-corrected chi connectivity index (χ2v) is 5.78. The van der Waals surface area contributed by atoms with Crippen LogP contribution >= 0.6 is 15.9 Å². The summed E-state index contributed by atoms with van der Waals surface area (Å²) in [5.41, 5.74) is 3.25. The van der Waals surface area contributed by atoms with Crippen LogP contribution in [0, 0.1) is 12.3 Å². The van der Waals surface area contributed by atoms with Crippen molar-refractivity contribution in [1.29, 1.82) is 0 Å². The van der Waals surface area contributed by atoms with Crippen molar-refractivity contribution in [3.8, 4) is 0 Å². The highest BCUT2D eigenvalue weighted by molar-refractivity contribution is 9.10. The molecule has 0 aromatic heterocycles. The fourth-order valence-electron chi connectivity index (χ4n) is 2.86. The molecule has 0 saturated heterocycles. The quantitative estimate of drug-likeness (QED) is 0.659. The Hall–Kier alpha value is -0.890. The van der Waals surface area contributed by atoms with Gasteiger partial charge in [-0.3, -0.25) is 4.79 Å². The molecule has 0 heterocycles. The summed E-state index contributed by atoms with van der Waals surface area (Å²) in [5, 5.41) is 0. The van der Waals surface area contributed by atoms with Crippen LogP contribution in [0.15, 0.2) is 28.8 Å². The van der Waals surface area contributed by atoms with Crippen molar-refractivity contribution in [2.75, 3.05) is 0 Å². The average molecular weight is 277 g/mol. The number of allylic oxidation sites excluding steroid dienone is 2. The van der Waals surface area contributed by atoms with Crippen LogP contribution in [-0.2, 0) is 6.42 Å². The Bertz CT molecular complexity index is 506. The van der Waals surface area contributed by atoms with Crippen LogP contribution in [0.25, 0.3) is 0 Å². The fraction of sp³-hybridized carbons (Fsp3) is 0.357. The first kappa shape index (κ1) is 10.3. The van der Waals surface area contributed by atoms with Gasteiger partial charge in [0.05, 0.1) is 0 Å². The minimum absolute atomic E-state index is 0.129. The minimum Gasteiger partial charge on any atom is -0.294 e. The highest BCUT2D eigenvalue weighted by atomic mass is 79.9. The molecule has 0 atom stereocenters. The van der Waals surface area contributed by atoms with Gasteiger partial charge >= 0.3 is 0 Å². The van der Waals surface area contributed by atoms with E-state index in [2.05, 4.69) is 41.1 Å². The van der Waals surface area contributed by atoms with Crippen LogP contribution in [0.4, 0.5) is 0 Å². The van der Waals surface area contributed by atoms with Gasteiger partial charge in [0, 0.05) is 15.5 Å². The van der Waals surface area contributed by atoms with Crippen LogP contribution in [0.2, 0.25) is 0 Å². The van der Waals surface area contributed by atoms with Crippen LogP contribution in [0.1, 0.15) is 34.3 Å². The third-order valence-electron chi connectivity index (χ3n) is 3.82. The van der Waals surface area contributed by atoms with Gasteiger partial charge in [0.25, 0.3) is 0 Å². The Balaban J connectivity index is 2.11. The lowest BCUT2D eigenvalue weighted by Crippen LogP contribution is -2.24. The molecule has 16 heavy (non-hydrogen) atoms. The van der Waals surface area contributed by atoms with Crippen molar-refractivity contribution in [3.63, 3.8) is 0 Å². The molecule has 82 valence electrons. The first-order valence-corrected chi connectivity index (χ1v) is 6.40. The summed E-state index contributed by atoms with van der Waals surface area (Å²) in [6.45, 7) is 2.08. The molecule has 1 aromatic carbocycles. The van der Waals surface area contributed by atoms with Gasteiger partial charge in [-0.15, -0.1) is 0 Å². The van der Waals surface area contributed by atoms with Gasteiger partial charge in [-0.2, -0.15) is 0 Å². The fourth-order valence-corrected chi connectivity index (χ4v) is 3.20. The van der Waals surface area contributed by atoms with Crippen molar-refractivity contribution in [2.24, 2.45) is 5.41 Å². The molecule has 0 radical (unpaired) electrons. The summed E-state index contributed by atoms with van der Waals surface area (Å²) >= 11 is 3.51. The van der Waals surface area contributed by atoms with Crippen molar-refractivity contribution < 1.29 is 4.79 Å². The predicted octanol–water partition coefficient (Wildman–Crippen LogP) is 3.83. The smallest absolute Gasteiger partial charge is 0.170 e. The molecule has 2 heteroatoms. The van der Waals surface area contributed by atoms with Crippen molar-refractivity contribution in [2.45, 2.75) is 26.2 Å². The summed E-state index contributed by atoms with van der Waals surface area (Å²) in [4.78, 5) is 12.4. The van der Waals surface area contributed by atoms with E-state index in [-0.39, 0.29) is 5.41 Å². The summed E-state index contributed by atoms with van der Waals surface area (Å²) in [6, 6.07) is 4.16. The van der Waals surface area contributed by atoms with Gasteiger partial charge < -0.3 is 0 Å². The number of hydrogen-bond acceptors (Lipinski definition) is 1. The summed E-state index contributed by atoms with van der Waals surface area (Å²) in [7, 11) is 0. The molecule has 0 N–H and O–H groups in total. The maximum Gasteiger partial charge on any atom is 0.170 e. The predicted molar refractivity (Wildman–Crippen MR) is 67.7 cm³/mol. The van der Waals surface area contributed by atoms with Gasteiger partial charge in [-0.05, 0) is 43.4 Å². The number of fused-ring (bicyclic) bond motifs is 1. The lowest BCUT2D eigenvalue weighted by atomic mass is 9.81. The van der Waals surface area contributed by atoms with Crippen LogP contribution < -0.4 is 0 Å². The van der Waals surface area contributed by atoms with Crippen LogP contribution in [0.5, 0.6) is 0 Å². The molecule has 1 spiro atoms. The third kappa shape index (κ3) is 1.26. The summed E-state index contributed by atoms with van der Waals surface area (Å²) in [6.07, 6.45) is 7.04. The third-order valence-corrected chi connectivity index (χ3v) is 4.68. The van der Waals surface area contributed by atoms with Crippen LogP contribution in [-0.4, -0.2) is 5.78 Å². The molecule has 2 aliphatic rings. The van der Waals surface area contributed by atoms with E-state index >= 15 is 0 Å². The number of Topliss-reactive ketones (excluding diaryl/α,β-unsaturated/α-hetero) is 1. The zero-order valence-corrected chi connectivity index (χ0v) is 10.8. The molecule has 2 aliphatic carbocycles. The maximum atomic E-state index is 12.4. The Morgan fingerprint density at radius 3 is 2.62 bits per heavy atom. The highest BCUT2D eigenvalue weighted by Crippen LogP contribution is 2.46. The standard InChI is InChI=1S/C14H13BrO/c1-9-6-10-8-14(4-2-3-5-14)13(16)11(10)7-12(9)15/h2-3,6-7H,4-5,8H2,1H3. The Kier molecular flexibility index (Phi) is 2.12. The molecule has 0 saturated carbocycles. The van der Waals surface area contributed by atoms with Gasteiger partial charge in [-0.25, -0.2) is 0 Å². The SMILES string of the molecule is Cc1cc2c(cc1Br)C(=O)C1(CC=CC1)C2. The van der Waals surface area contributed by atoms with Gasteiger partial charge in [0.2, 0.25) is 0 Å². The Labute approximate surface area is 104 Å². The average Bonchev–Trinajstić information content (AvgIpc) is 2.80. The molecule has 0 unspecified atom stereocenters. The molecule has 0 aliphatic heterocycles. The zero-order valence-electron chi connectivity index (χ0n) is 9.22. The number of rotatable bonds is 0. The molecular weight excluding hydrogens is 264 g/mol. The van der Waals surface area contributed by atoms with E-state index in [1.807, 2.05) is 6.07 Å². The van der Waals surface area contributed by atoms with Gasteiger partial charge in [0.15, 0.2) is 5.78 Å². The number of carbonyl (C=O) groups is 1. The minimum atomic E-state index is -0.129. The largest absolute Gasteiger partial charge is 0.294 e. The molecule has 3 rings (SSSR count). The van der Waals surface area contributed by atoms with Gasteiger partial charge in [0.1, 0.15) is 0 Å². The van der Waals surface area contributed by atoms with Crippen molar-refractivity contribution >= 4 is 21.7 Å². The number of aryl methyl sites for hydroxylation is 1. The Morgan fingerprint density at radius 2 is 1.94 bits per heavy atom. The number of halogens is 1. The molecular formula is C14H13BrO. The first-order chi connectivity index (χ1) is 7.62. The molecule has 0 bridgehead atoms. The van der Waals surface area contributed by atoms with E-state index in [4.69, 9.17) is 0 Å². The zero-order chi connectivity index (χ0) is 11.3. The first-order valence-electron chi connectivity index (χ1n) is 5.61. The lowest BCUT2D eigenvalue weighted by molar-refractivity contribution is 0.0835. The summed E-state index contributed by atoms with van der Waals surface area (Å²) < 4.78 is 1.04. The monoisotopic (exact) mass is 276 g/mol. The topological polar surface area (TPSA) is 17.1 Å². The lowest BCUT2D eigenvalue weighted by Gasteiger charge is -2.19. The number of carbonyl (C=O) groups excluding carboxylic acids is 1. The second-order valence-electron chi connectivity index (χ2n) is 4.92. The van der Waals surface area contributed by atoms with E-state index < -0.39 is 0 Å². The van der Waals surface area contributed by atoms with Crippen molar-refractivity contribution in [1.82, 2.24) is 0 Å². The second kappa shape index (κ2) is 3.30. The molecule has 0 fully saturated rings. The number of benzene rings is 1. The van der Waals surface area contributed by atoms with Crippen LogP contribution in [0.3, 0.4) is 0 Å². The maximum absolute atomic E-state index is 12.4. The van der Waals surface area contributed by atoms with E-state index in [1.165, 1.54) is 11.1 Å². The highest BCUT2D eigenvalue weighted by Gasteiger charge is 2.45. The van der Waals surface area contributed by atoms with E-state index in [1.54, 1.807) is 0 Å². The molecule has 0 amide bonds.